The monoisotopic (exact) mass is 223 g/mol. The van der Waals surface area contributed by atoms with Gasteiger partial charge in [0.1, 0.15) is 5.76 Å². The molecule has 16 heavy (non-hydrogen) atoms. The summed E-state index contributed by atoms with van der Waals surface area (Å²) in [5.74, 6) is 0.926. The third-order valence-corrected chi connectivity index (χ3v) is 3.06. The first-order valence-electron chi connectivity index (χ1n) is 5.46. The summed E-state index contributed by atoms with van der Waals surface area (Å²) in [7, 11) is 0. The molecule has 2 heterocycles. The smallest absolute Gasteiger partial charge is 0.290 e. The lowest BCUT2D eigenvalue weighted by Gasteiger charge is -2.30. The Morgan fingerprint density at radius 1 is 1.56 bits per heavy atom. The predicted molar refractivity (Wildman–Crippen MR) is 59.2 cm³/mol. The molecule has 0 aliphatic carbocycles. The topological polar surface area (TPSA) is 53.7 Å². The number of β-amino-alcohol motifs (C(OH)–C–C–N with tert-alkyl or cyclic N) is 1. The molecule has 1 aliphatic heterocycles. The molecule has 4 heteroatoms. The van der Waals surface area contributed by atoms with Crippen molar-refractivity contribution in [2.45, 2.75) is 38.8 Å². The summed E-state index contributed by atoms with van der Waals surface area (Å²) in [6.45, 7) is 6.10. The van der Waals surface area contributed by atoms with Crippen LogP contribution in [0.15, 0.2) is 16.5 Å². The van der Waals surface area contributed by atoms with Crippen LogP contribution in [0.4, 0.5) is 0 Å². The molecule has 2 rings (SSSR count). The highest BCUT2D eigenvalue weighted by atomic mass is 16.4. The van der Waals surface area contributed by atoms with Crippen molar-refractivity contribution in [3.05, 3.63) is 23.7 Å². The van der Waals surface area contributed by atoms with E-state index in [1.165, 1.54) is 0 Å². The summed E-state index contributed by atoms with van der Waals surface area (Å²) in [6, 6.07) is 3.45. The van der Waals surface area contributed by atoms with Gasteiger partial charge in [-0.1, -0.05) is 0 Å². The van der Waals surface area contributed by atoms with Crippen LogP contribution in [0.2, 0.25) is 0 Å². The van der Waals surface area contributed by atoms with E-state index in [4.69, 9.17) is 4.42 Å². The van der Waals surface area contributed by atoms with E-state index in [-0.39, 0.29) is 11.4 Å². The van der Waals surface area contributed by atoms with Crippen LogP contribution >= 0.6 is 0 Å². The Bertz CT molecular complexity index is 408. The molecular weight excluding hydrogens is 206 g/mol. The molecule has 1 aromatic rings. The molecule has 1 aliphatic rings. The summed E-state index contributed by atoms with van der Waals surface area (Å²) in [4.78, 5) is 13.8. The van der Waals surface area contributed by atoms with Crippen LogP contribution in [-0.4, -0.2) is 34.1 Å². The average molecular weight is 223 g/mol. The Labute approximate surface area is 94.9 Å². The first-order chi connectivity index (χ1) is 7.40. The molecule has 1 N–H and O–H groups in total. The second kappa shape index (κ2) is 3.63. The number of rotatable bonds is 1. The summed E-state index contributed by atoms with van der Waals surface area (Å²) in [5, 5.41) is 9.61. The largest absolute Gasteiger partial charge is 0.456 e. The lowest BCUT2D eigenvalue weighted by molar-refractivity contribution is 0.0607. The van der Waals surface area contributed by atoms with Gasteiger partial charge in [-0.15, -0.1) is 0 Å². The van der Waals surface area contributed by atoms with E-state index in [2.05, 4.69) is 0 Å². The van der Waals surface area contributed by atoms with Crippen LogP contribution in [0.5, 0.6) is 0 Å². The highest BCUT2D eigenvalue weighted by molar-refractivity contribution is 5.92. The molecule has 0 aromatic carbocycles. The molecule has 1 aromatic heterocycles. The maximum absolute atomic E-state index is 12.1. The van der Waals surface area contributed by atoms with E-state index in [0.717, 1.165) is 5.76 Å². The van der Waals surface area contributed by atoms with Gasteiger partial charge in [0.15, 0.2) is 5.76 Å². The lowest BCUT2D eigenvalue weighted by atomic mass is 10.0. The van der Waals surface area contributed by atoms with Gasteiger partial charge in [-0.3, -0.25) is 4.79 Å². The highest BCUT2D eigenvalue weighted by Crippen LogP contribution is 2.30. The fourth-order valence-electron chi connectivity index (χ4n) is 2.25. The van der Waals surface area contributed by atoms with Crippen molar-refractivity contribution in [3.63, 3.8) is 0 Å². The standard InChI is InChI=1S/C12H17NO3/c1-8-4-5-10(16-8)11(15)13-7-9(14)6-12(13,2)3/h4-5,9,14H,6-7H2,1-3H3. The zero-order valence-electron chi connectivity index (χ0n) is 9.86. The maximum Gasteiger partial charge on any atom is 0.290 e. The first kappa shape index (κ1) is 11.2. The number of carbonyl (C=O) groups is 1. The van der Waals surface area contributed by atoms with Gasteiger partial charge < -0.3 is 14.4 Å². The molecule has 88 valence electrons. The highest BCUT2D eigenvalue weighted by Gasteiger charge is 2.41. The first-order valence-corrected chi connectivity index (χ1v) is 5.46. The van der Waals surface area contributed by atoms with Crippen molar-refractivity contribution in [2.75, 3.05) is 6.54 Å². The van der Waals surface area contributed by atoms with Gasteiger partial charge in [-0.2, -0.15) is 0 Å². The van der Waals surface area contributed by atoms with Crippen molar-refractivity contribution >= 4 is 5.91 Å². The van der Waals surface area contributed by atoms with Crippen LogP contribution < -0.4 is 0 Å². The number of nitrogens with zero attached hydrogens (tertiary/aromatic N) is 1. The van der Waals surface area contributed by atoms with Gasteiger partial charge in [-0.05, 0) is 39.3 Å². The van der Waals surface area contributed by atoms with Gasteiger partial charge in [0.25, 0.3) is 5.91 Å². The number of amides is 1. The third-order valence-electron chi connectivity index (χ3n) is 3.06. The Morgan fingerprint density at radius 2 is 2.25 bits per heavy atom. The van der Waals surface area contributed by atoms with Gasteiger partial charge in [0.05, 0.1) is 6.10 Å². The van der Waals surface area contributed by atoms with Crippen LogP contribution in [-0.2, 0) is 0 Å². The van der Waals surface area contributed by atoms with E-state index in [0.29, 0.717) is 18.7 Å². The van der Waals surface area contributed by atoms with E-state index in [1.54, 1.807) is 24.0 Å². The fourth-order valence-corrected chi connectivity index (χ4v) is 2.25. The van der Waals surface area contributed by atoms with Gasteiger partial charge in [0.2, 0.25) is 0 Å². The van der Waals surface area contributed by atoms with E-state index in [1.807, 2.05) is 13.8 Å². The van der Waals surface area contributed by atoms with Gasteiger partial charge in [0, 0.05) is 12.1 Å². The van der Waals surface area contributed by atoms with Crippen LogP contribution in [0, 0.1) is 6.92 Å². The number of hydrogen-bond donors (Lipinski definition) is 1. The van der Waals surface area contributed by atoms with E-state index < -0.39 is 6.10 Å². The van der Waals surface area contributed by atoms with Crippen LogP contribution in [0.1, 0.15) is 36.6 Å². The SMILES string of the molecule is Cc1ccc(C(=O)N2CC(O)CC2(C)C)o1. The molecule has 0 bridgehead atoms. The molecule has 0 spiro atoms. The Kier molecular flexibility index (Phi) is 2.54. The molecule has 0 saturated carbocycles. The minimum absolute atomic E-state index is 0.144. The van der Waals surface area contributed by atoms with Crippen molar-refractivity contribution in [1.82, 2.24) is 4.90 Å². The Morgan fingerprint density at radius 3 is 2.69 bits per heavy atom. The Hall–Kier alpha value is -1.29. The molecule has 1 atom stereocenters. The second-order valence-corrected chi connectivity index (χ2v) is 5.00. The number of furan rings is 1. The summed E-state index contributed by atoms with van der Waals surface area (Å²) in [6.07, 6.45) is 0.174. The number of likely N-dealkylation sites (tertiary alicyclic amines) is 1. The molecular formula is C12H17NO3. The van der Waals surface area contributed by atoms with Crippen molar-refractivity contribution in [3.8, 4) is 0 Å². The maximum atomic E-state index is 12.1. The molecule has 1 saturated heterocycles. The number of aryl methyl sites for hydroxylation is 1. The molecule has 0 radical (unpaired) electrons. The minimum atomic E-state index is -0.435. The minimum Gasteiger partial charge on any atom is -0.456 e. The van der Waals surface area contributed by atoms with Crippen molar-refractivity contribution in [1.29, 1.82) is 0 Å². The second-order valence-electron chi connectivity index (χ2n) is 5.00. The van der Waals surface area contributed by atoms with Crippen LogP contribution in [0.25, 0.3) is 0 Å². The van der Waals surface area contributed by atoms with E-state index >= 15 is 0 Å². The zero-order valence-corrected chi connectivity index (χ0v) is 9.86. The predicted octanol–water partition coefficient (Wildman–Crippen LogP) is 1.57. The number of aliphatic hydroxyl groups is 1. The van der Waals surface area contributed by atoms with Gasteiger partial charge in [-0.25, -0.2) is 0 Å². The Balaban J connectivity index is 2.22. The van der Waals surface area contributed by atoms with Gasteiger partial charge >= 0.3 is 0 Å². The van der Waals surface area contributed by atoms with Crippen LogP contribution in [0.3, 0.4) is 0 Å². The normalized spacial score (nSPS) is 23.8. The average Bonchev–Trinajstić information content (AvgIpc) is 2.69. The van der Waals surface area contributed by atoms with Crippen molar-refractivity contribution < 1.29 is 14.3 Å². The number of aliphatic hydroxyl groups excluding tert-OH is 1. The summed E-state index contributed by atoms with van der Waals surface area (Å²) >= 11 is 0. The molecule has 1 fully saturated rings. The molecule has 4 nitrogen and oxygen atoms in total. The molecule has 1 unspecified atom stereocenters. The van der Waals surface area contributed by atoms with Crippen molar-refractivity contribution in [2.24, 2.45) is 0 Å². The summed E-state index contributed by atoms with van der Waals surface area (Å²) in [5.41, 5.74) is -0.308. The number of carbonyl (C=O) groups excluding carboxylic acids is 1. The fraction of sp³-hybridized carbons (Fsp3) is 0.583. The summed E-state index contributed by atoms with van der Waals surface area (Å²) < 4.78 is 5.31. The quantitative estimate of drug-likeness (QED) is 0.786. The number of hydrogen-bond acceptors (Lipinski definition) is 3. The third kappa shape index (κ3) is 1.85. The lowest BCUT2D eigenvalue weighted by Crippen LogP contribution is -2.42. The zero-order chi connectivity index (χ0) is 11.9. The molecule has 1 amide bonds. The van der Waals surface area contributed by atoms with E-state index in [9.17, 15) is 9.90 Å².